The zero-order valence-corrected chi connectivity index (χ0v) is 13.3. The van der Waals surface area contributed by atoms with Crippen molar-refractivity contribution in [2.24, 2.45) is 5.41 Å². The Bertz CT molecular complexity index is 390. The van der Waals surface area contributed by atoms with Gasteiger partial charge in [-0.05, 0) is 46.8 Å². The Hall–Kier alpha value is -0.410. The van der Waals surface area contributed by atoms with Gasteiger partial charge in [-0.25, -0.2) is 4.39 Å². The third-order valence-electron chi connectivity index (χ3n) is 3.58. The van der Waals surface area contributed by atoms with Crippen molar-refractivity contribution in [3.05, 3.63) is 34.1 Å². The fourth-order valence-electron chi connectivity index (χ4n) is 2.04. The van der Waals surface area contributed by atoms with Crippen molar-refractivity contribution >= 4 is 15.9 Å². The van der Waals surface area contributed by atoms with Crippen LogP contribution < -0.4 is 5.32 Å². The van der Waals surface area contributed by atoms with Crippen LogP contribution >= 0.6 is 15.9 Å². The van der Waals surface area contributed by atoms with Crippen molar-refractivity contribution < 1.29 is 4.39 Å². The molecule has 1 aromatic rings. The molecule has 1 aromatic carbocycles. The minimum Gasteiger partial charge on any atom is -0.309 e. The van der Waals surface area contributed by atoms with Gasteiger partial charge in [-0.1, -0.05) is 39.8 Å². The summed E-state index contributed by atoms with van der Waals surface area (Å²) in [5, 5.41) is 3.48. The third-order valence-corrected chi connectivity index (χ3v) is 4.20. The SMILES string of the molecule is CCCNC(c1cccc(Br)c1F)C(C)(C)CC. The highest BCUT2D eigenvalue weighted by molar-refractivity contribution is 9.10. The van der Waals surface area contributed by atoms with Crippen LogP contribution in [0.1, 0.15) is 52.1 Å². The first-order valence-electron chi connectivity index (χ1n) is 6.61. The van der Waals surface area contributed by atoms with Gasteiger partial charge in [0.25, 0.3) is 0 Å². The molecule has 0 saturated carbocycles. The summed E-state index contributed by atoms with van der Waals surface area (Å²) in [6.07, 6.45) is 2.05. The minimum absolute atomic E-state index is 0.0246. The molecular formula is C15H23BrFN. The summed E-state index contributed by atoms with van der Waals surface area (Å²) in [5.41, 5.74) is 0.779. The number of benzene rings is 1. The summed E-state index contributed by atoms with van der Waals surface area (Å²) < 4.78 is 14.8. The van der Waals surface area contributed by atoms with Gasteiger partial charge in [0.15, 0.2) is 0 Å². The van der Waals surface area contributed by atoms with Crippen LogP contribution in [0.4, 0.5) is 4.39 Å². The molecule has 0 amide bonds. The van der Waals surface area contributed by atoms with Gasteiger partial charge in [0.05, 0.1) is 4.47 Å². The predicted octanol–water partition coefficient (Wildman–Crippen LogP) is 5.07. The molecule has 0 aliphatic carbocycles. The smallest absolute Gasteiger partial charge is 0.142 e. The first-order valence-corrected chi connectivity index (χ1v) is 7.40. The first-order chi connectivity index (χ1) is 8.44. The van der Waals surface area contributed by atoms with Gasteiger partial charge in [0, 0.05) is 11.6 Å². The lowest BCUT2D eigenvalue weighted by Gasteiger charge is -2.35. The van der Waals surface area contributed by atoms with Crippen molar-refractivity contribution in [2.45, 2.75) is 46.6 Å². The predicted molar refractivity (Wildman–Crippen MR) is 79.2 cm³/mol. The van der Waals surface area contributed by atoms with Crippen LogP contribution in [-0.4, -0.2) is 6.54 Å². The summed E-state index contributed by atoms with van der Waals surface area (Å²) in [5.74, 6) is -0.146. The van der Waals surface area contributed by atoms with Crippen LogP contribution in [-0.2, 0) is 0 Å². The molecule has 0 heterocycles. The molecule has 0 aliphatic heterocycles. The van der Waals surface area contributed by atoms with E-state index in [-0.39, 0.29) is 17.3 Å². The Morgan fingerprint density at radius 1 is 1.33 bits per heavy atom. The quantitative estimate of drug-likeness (QED) is 0.773. The van der Waals surface area contributed by atoms with E-state index >= 15 is 0 Å². The van der Waals surface area contributed by atoms with Crippen LogP contribution in [0.2, 0.25) is 0 Å². The number of halogens is 2. The number of hydrogen-bond acceptors (Lipinski definition) is 1. The fourth-order valence-corrected chi connectivity index (χ4v) is 2.42. The minimum atomic E-state index is -0.146. The molecule has 0 saturated heterocycles. The second-order valence-electron chi connectivity index (χ2n) is 5.37. The zero-order chi connectivity index (χ0) is 13.8. The highest BCUT2D eigenvalue weighted by Gasteiger charge is 2.30. The van der Waals surface area contributed by atoms with E-state index in [0.29, 0.717) is 4.47 Å². The maximum Gasteiger partial charge on any atom is 0.142 e. The van der Waals surface area contributed by atoms with Crippen molar-refractivity contribution in [1.29, 1.82) is 0 Å². The Morgan fingerprint density at radius 3 is 2.56 bits per heavy atom. The van der Waals surface area contributed by atoms with Crippen molar-refractivity contribution in [3.63, 3.8) is 0 Å². The van der Waals surface area contributed by atoms with E-state index < -0.39 is 0 Å². The Morgan fingerprint density at radius 2 is 2.00 bits per heavy atom. The van der Waals surface area contributed by atoms with E-state index in [1.165, 1.54) is 0 Å². The van der Waals surface area contributed by atoms with E-state index in [1.54, 1.807) is 6.07 Å². The number of rotatable bonds is 6. The molecule has 0 radical (unpaired) electrons. The second kappa shape index (κ2) is 6.67. The molecule has 18 heavy (non-hydrogen) atoms. The Labute approximate surface area is 118 Å². The molecule has 0 spiro atoms. The summed E-state index contributed by atoms with van der Waals surface area (Å²) >= 11 is 3.27. The lowest BCUT2D eigenvalue weighted by Crippen LogP contribution is -2.35. The molecule has 0 fully saturated rings. The van der Waals surface area contributed by atoms with Crippen LogP contribution in [0, 0.1) is 11.2 Å². The molecule has 3 heteroatoms. The van der Waals surface area contributed by atoms with E-state index in [1.807, 2.05) is 12.1 Å². The molecule has 1 nitrogen and oxygen atoms in total. The lowest BCUT2D eigenvalue weighted by molar-refractivity contribution is 0.229. The fraction of sp³-hybridized carbons (Fsp3) is 0.600. The summed E-state index contributed by atoms with van der Waals surface area (Å²) in [6, 6.07) is 5.56. The maximum absolute atomic E-state index is 14.3. The molecule has 1 rings (SSSR count). The average Bonchev–Trinajstić information content (AvgIpc) is 2.34. The van der Waals surface area contributed by atoms with Crippen LogP contribution in [0.3, 0.4) is 0 Å². The summed E-state index contributed by atoms with van der Waals surface area (Å²) in [7, 11) is 0. The average molecular weight is 316 g/mol. The highest BCUT2D eigenvalue weighted by Crippen LogP contribution is 2.38. The van der Waals surface area contributed by atoms with Gasteiger partial charge in [0.2, 0.25) is 0 Å². The van der Waals surface area contributed by atoms with Crippen LogP contribution in [0.15, 0.2) is 22.7 Å². The molecule has 0 aliphatic rings. The summed E-state index contributed by atoms with van der Waals surface area (Å²) in [6.45, 7) is 9.54. The van der Waals surface area contributed by atoms with Gasteiger partial charge in [-0.3, -0.25) is 0 Å². The van der Waals surface area contributed by atoms with Crippen LogP contribution in [0.5, 0.6) is 0 Å². The molecule has 1 unspecified atom stereocenters. The topological polar surface area (TPSA) is 12.0 Å². The highest BCUT2D eigenvalue weighted by atomic mass is 79.9. The van der Waals surface area contributed by atoms with Gasteiger partial charge in [0.1, 0.15) is 5.82 Å². The second-order valence-corrected chi connectivity index (χ2v) is 6.23. The van der Waals surface area contributed by atoms with Crippen LogP contribution in [0.25, 0.3) is 0 Å². The monoisotopic (exact) mass is 315 g/mol. The van der Waals surface area contributed by atoms with Crippen molar-refractivity contribution in [1.82, 2.24) is 5.32 Å². The molecular weight excluding hydrogens is 293 g/mol. The lowest BCUT2D eigenvalue weighted by atomic mass is 9.78. The maximum atomic E-state index is 14.3. The standard InChI is InChI=1S/C15H23BrFN/c1-5-10-18-14(15(3,4)6-2)11-8-7-9-12(16)13(11)17/h7-9,14,18H,5-6,10H2,1-4H3. The van der Waals surface area contributed by atoms with E-state index in [0.717, 1.165) is 24.9 Å². The van der Waals surface area contributed by atoms with Crippen molar-refractivity contribution in [2.75, 3.05) is 6.54 Å². The molecule has 0 bridgehead atoms. The zero-order valence-electron chi connectivity index (χ0n) is 11.7. The van der Waals surface area contributed by atoms with Gasteiger partial charge in [-0.15, -0.1) is 0 Å². The third kappa shape index (κ3) is 3.55. The normalized spacial score (nSPS) is 13.7. The largest absolute Gasteiger partial charge is 0.309 e. The van der Waals surface area contributed by atoms with Gasteiger partial charge in [-0.2, -0.15) is 0 Å². The molecule has 1 atom stereocenters. The molecule has 1 N–H and O–H groups in total. The molecule has 0 aromatic heterocycles. The number of nitrogens with one attached hydrogen (secondary N) is 1. The molecule has 102 valence electrons. The van der Waals surface area contributed by atoms with Crippen molar-refractivity contribution in [3.8, 4) is 0 Å². The Balaban J connectivity index is 3.13. The summed E-state index contributed by atoms with van der Waals surface area (Å²) in [4.78, 5) is 0. The van der Waals surface area contributed by atoms with E-state index in [4.69, 9.17) is 0 Å². The van der Waals surface area contributed by atoms with Gasteiger partial charge >= 0.3 is 0 Å². The number of hydrogen-bond donors (Lipinski definition) is 1. The van der Waals surface area contributed by atoms with E-state index in [2.05, 4.69) is 48.9 Å². The first kappa shape index (κ1) is 15.6. The van der Waals surface area contributed by atoms with Gasteiger partial charge < -0.3 is 5.32 Å². The Kier molecular flexibility index (Phi) is 5.80. The van der Waals surface area contributed by atoms with E-state index in [9.17, 15) is 4.39 Å².